The molecule has 0 amide bonds. The zero-order valence-electron chi connectivity index (χ0n) is 5.35. The normalized spacial score (nSPS) is 16.6. The van der Waals surface area contributed by atoms with E-state index in [0.29, 0.717) is 12.8 Å². The summed E-state index contributed by atoms with van der Waals surface area (Å²) in [5.41, 5.74) is 0. The Morgan fingerprint density at radius 3 is 1.55 bits per heavy atom. The number of rotatable bonds is 0. The summed E-state index contributed by atoms with van der Waals surface area (Å²) >= 11 is 0. The van der Waals surface area contributed by atoms with Crippen molar-refractivity contribution < 1.29 is 21.6 Å². The summed E-state index contributed by atoms with van der Waals surface area (Å²) in [7, 11) is -2.61. The predicted molar refractivity (Wildman–Crippen MR) is 30.4 cm³/mol. The Balaban J connectivity index is 0.000000218. The van der Waals surface area contributed by atoms with Crippen LogP contribution in [0.15, 0.2) is 0 Å². The van der Waals surface area contributed by atoms with Crippen LogP contribution < -0.4 is 0 Å². The summed E-state index contributed by atoms with van der Waals surface area (Å²) in [6.07, 6.45) is -3.19. The SMILES string of the molecule is FC(F)(F)C1CC1.N=S(=O)=O. The highest BCUT2D eigenvalue weighted by Crippen LogP contribution is 2.43. The summed E-state index contributed by atoms with van der Waals surface area (Å²) < 4.78 is 56.6. The number of hydrogen-bond donors (Lipinski definition) is 1. The predicted octanol–water partition coefficient (Wildman–Crippen LogP) is 1.59. The van der Waals surface area contributed by atoms with Crippen LogP contribution in [0.4, 0.5) is 13.2 Å². The zero-order chi connectivity index (χ0) is 9.07. The molecule has 1 rings (SSSR count). The largest absolute Gasteiger partial charge is 0.391 e. The Bertz CT molecular complexity index is 206. The van der Waals surface area contributed by atoms with Crippen molar-refractivity contribution in [1.29, 1.82) is 4.78 Å². The van der Waals surface area contributed by atoms with Gasteiger partial charge < -0.3 is 0 Å². The van der Waals surface area contributed by atoms with Crippen LogP contribution in [0, 0.1) is 10.7 Å². The molecule has 11 heavy (non-hydrogen) atoms. The van der Waals surface area contributed by atoms with E-state index in [1.165, 1.54) is 0 Å². The van der Waals surface area contributed by atoms with Crippen LogP contribution in [0.1, 0.15) is 12.8 Å². The second kappa shape index (κ2) is 3.70. The van der Waals surface area contributed by atoms with Gasteiger partial charge in [0.05, 0.1) is 5.92 Å². The van der Waals surface area contributed by atoms with Gasteiger partial charge in [0, 0.05) is 0 Å². The van der Waals surface area contributed by atoms with Crippen molar-refractivity contribution in [3.8, 4) is 0 Å². The van der Waals surface area contributed by atoms with Gasteiger partial charge in [-0.3, -0.25) is 0 Å². The molecule has 1 aliphatic rings. The minimum absolute atomic E-state index is 0.351. The third-order valence-corrected chi connectivity index (χ3v) is 1.04. The van der Waals surface area contributed by atoms with E-state index in [1.807, 2.05) is 0 Å². The molecule has 66 valence electrons. The van der Waals surface area contributed by atoms with Crippen LogP contribution in [0.5, 0.6) is 0 Å². The fourth-order valence-electron chi connectivity index (χ4n) is 0.411. The first kappa shape index (κ1) is 10.4. The van der Waals surface area contributed by atoms with E-state index in [4.69, 9.17) is 13.2 Å². The number of alkyl halides is 3. The van der Waals surface area contributed by atoms with Crippen molar-refractivity contribution >= 4 is 10.5 Å². The Kier molecular flexibility index (Phi) is 3.50. The summed E-state index contributed by atoms with van der Waals surface area (Å²) in [5, 5.41) is 0. The molecule has 0 bridgehead atoms. The first-order valence-electron chi connectivity index (χ1n) is 2.71. The number of nitrogens with one attached hydrogen (secondary N) is 1. The fraction of sp³-hybridized carbons (Fsp3) is 1.00. The molecule has 0 aromatic carbocycles. The molecular weight excluding hydrogens is 183 g/mol. The maximum Gasteiger partial charge on any atom is 0.391 e. The fourth-order valence-corrected chi connectivity index (χ4v) is 0.411. The molecule has 1 saturated carbocycles. The van der Waals surface area contributed by atoms with E-state index in [2.05, 4.69) is 0 Å². The van der Waals surface area contributed by atoms with Crippen molar-refractivity contribution in [2.75, 3.05) is 0 Å². The third-order valence-electron chi connectivity index (χ3n) is 1.04. The summed E-state index contributed by atoms with van der Waals surface area (Å²) in [5.74, 6) is -0.951. The van der Waals surface area contributed by atoms with Gasteiger partial charge in [0.1, 0.15) is 0 Å². The molecule has 3 nitrogen and oxygen atoms in total. The standard InChI is InChI=1S/C4H5F3.HNO2S/c5-4(6,7)3-1-2-3;1-4(2)3/h3H,1-2H2;1H. The van der Waals surface area contributed by atoms with Crippen molar-refractivity contribution in [2.45, 2.75) is 19.0 Å². The Morgan fingerprint density at radius 1 is 1.27 bits per heavy atom. The van der Waals surface area contributed by atoms with E-state index in [9.17, 15) is 13.2 Å². The van der Waals surface area contributed by atoms with E-state index in [-0.39, 0.29) is 0 Å². The highest BCUT2D eigenvalue weighted by atomic mass is 32.2. The van der Waals surface area contributed by atoms with Gasteiger partial charge in [-0.05, 0) is 12.8 Å². The van der Waals surface area contributed by atoms with Gasteiger partial charge in [-0.15, -0.1) is 0 Å². The maximum atomic E-state index is 11.2. The first-order chi connectivity index (χ1) is 4.84. The average Bonchev–Trinajstić information content (AvgIpc) is 2.33. The van der Waals surface area contributed by atoms with Gasteiger partial charge in [-0.2, -0.15) is 26.4 Å². The molecule has 7 heteroatoms. The van der Waals surface area contributed by atoms with E-state index in [1.54, 1.807) is 0 Å². The van der Waals surface area contributed by atoms with Crippen LogP contribution in [0.25, 0.3) is 0 Å². The minimum Gasteiger partial charge on any atom is -0.188 e. The Morgan fingerprint density at radius 2 is 1.55 bits per heavy atom. The van der Waals surface area contributed by atoms with Crippen molar-refractivity contribution in [3.63, 3.8) is 0 Å². The molecule has 0 heterocycles. The average molecular weight is 189 g/mol. The number of hydrogen-bond acceptors (Lipinski definition) is 3. The Hall–Kier alpha value is -0.590. The second-order valence-electron chi connectivity index (χ2n) is 2.05. The molecule has 0 radical (unpaired) electrons. The molecule has 1 N–H and O–H groups in total. The summed E-state index contributed by atoms with van der Waals surface area (Å²) in [6.45, 7) is 0. The molecule has 1 aliphatic carbocycles. The van der Waals surface area contributed by atoms with Crippen LogP contribution in [0.3, 0.4) is 0 Å². The molecule has 0 atom stereocenters. The third kappa shape index (κ3) is 7.31. The van der Waals surface area contributed by atoms with Crippen LogP contribution in [0.2, 0.25) is 0 Å². The van der Waals surface area contributed by atoms with Crippen LogP contribution >= 0.6 is 0 Å². The number of halogens is 3. The van der Waals surface area contributed by atoms with Gasteiger partial charge in [0.25, 0.3) is 0 Å². The molecule has 0 spiro atoms. The minimum atomic E-state index is -3.89. The van der Waals surface area contributed by atoms with Crippen molar-refractivity contribution in [1.82, 2.24) is 0 Å². The highest BCUT2D eigenvalue weighted by Gasteiger charge is 2.46. The molecule has 0 unspecified atom stereocenters. The van der Waals surface area contributed by atoms with Crippen LogP contribution in [-0.2, 0) is 10.5 Å². The topological polar surface area (TPSA) is 58.0 Å². The lowest BCUT2D eigenvalue weighted by molar-refractivity contribution is -0.147. The Labute approximate surface area is 62.7 Å². The van der Waals surface area contributed by atoms with Gasteiger partial charge in [-0.25, -0.2) is 0 Å². The van der Waals surface area contributed by atoms with Crippen LogP contribution in [-0.4, -0.2) is 14.6 Å². The van der Waals surface area contributed by atoms with Gasteiger partial charge in [-0.1, -0.05) is 0 Å². The molecule has 1 fully saturated rings. The van der Waals surface area contributed by atoms with Gasteiger partial charge >= 0.3 is 16.7 Å². The molecule has 0 aromatic heterocycles. The monoisotopic (exact) mass is 189 g/mol. The lowest BCUT2D eigenvalue weighted by Crippen LogP contribution is -2.08. The van der Waals surface area contributed by atoms with Gasteiger partial charge in [0.2, 0.25) is 0 Å². The molecule has 0 aliphatic heterocycles. The van der Waals surface area contributed by atoms with E-state index < -0.39 is 22.6 Å². The quantitative estimate of drug-likeness (QED) is 0.629. The molecule has 0 aromatic rings. The maximum absolute atomic E-state index is 11.2. The summed E-state index contributed by atoms with van der Waals surface area (Å²) in [6, 6.07) is 0. The molecule has 0 saturated heterocycles. The first-order valence-corrected chi connectivity index (χ1v) is 3.78. The van der Waals surface area contributed by atoms with E-state index in [0.717, 1.165) is 0 Å². The van der Waals surface area contributed by atoms with Gasteiger partial charge in [0.15, 0.2) is 0 Å². The van der Waals surface area contributed by atoms with Crippen molar-refractivity contribution in [2.24, 2.45) is 5.92 Å². The smallest absolute Gasteiger partial charge is 0.188 e. The highest BCUT2D eigenvalue weighted by molar-refractivity contribution is 7.60. The molecular formula is C4H6F3NO2S. The van der Waals surface area contributed by atoms with Crippen molar-refractivity contribution in [3.05, 3.63) is 0 Å². The lowest BCUT2D eigenvalue weighted by Gasteiger charge is -1.99. The second-order valence-corrected chi connectivity index (χ2v) is 2.52. The van der Waals surface area contributed by atoms with E-state index >= 15 is 0 Å². The summed E-state index contributed by atoms with van der Waals surface area (Å²) in [4.78, 5) is 0. The lowest BCUT2D eigenvalue weighted by atomic mass is 10.4. The zero-order valence-corrected chi connectivity index (χ0v) is 6.17.